The molecule has 2 heterocycles. The van der Waals surface area contributed by atoms with Gasteiger partial charge in [-0.1, -0.05) is 18.2 Å². The minimum Gasteiger partial charge on any atom is -0.338 e. The maximum absolute atomic E-state index is 4.61. The Morgan fingerprint density at radius 3 is 2.57 bits per heavy atom. The molecule has 1 saturated heterocycles. The van der Waals surface area contributed by atoms with E-state index in [0.29, 0.717) is 0 Å². The van der Waals surface area contributed by atoms with E-state index in [-0.39, 0.29) is 0 Å². The molecule has 1 aliphatic rings. The van der Waals surface area contributed by atoms with E-state index in [1.54, 1.807) is 18.1 Å². The zero-order chi connectivity index (χ0) is 14.7. The SMILES string of the molecule is Cc1ccccc1Sc1ncnc(N2CCN(C)CC2)n1. The third-order valence-corrected chi connectivity index (χ3v) is 4.68. The predicted octanol–water partition coefficient (Wildman–Crippen LogP) is 2.08. The van der Waals surface area contributed by atoms with Gasteiger partial charge in [0.05, 0.1) is 0 Å². The molecule has 6 heteroatoms. The zero-order valence-corrected chi connectivity index (χ0v) is 13.2. The Bertz CT molecular complexity index is 611. The molecule has 0 aliphatic carbocycles. The first kappa shape index (κ1) is 14.3. The summed E-state index contributed by atoms with van der Waals surface area (Å²) in [6, 6.07) is 8.28. The van der Waals surface area contributed by atoms with Crippen molar-refractivity contribution in [3.8, 4) is 0 Å². The normalized spacial score (nSPS) is 16.2. The van der Waals surface area contributed by atoms with Crippen LogP contribution in [-0.4, -0.2) is 53.1 Å². The lowest BCUT2D eigenvalue weighted by Crippen LogP contribution is -2.45. The van der Waals surface area contributed by atoms with Crippen molar-refractivity contribution in [3.63, 3.8) is 0 Å². The molecule has 1 aromatic heterocycles. The van der Waals surface area contributed by atoms with Gasteiger partial charge in [-0.3, -0.25) is 0 Å². The van der Waals surface area contributed by atoms with Crippen LogP contribution in [0, 0.1) is 6.92 Å². The number of aryl methyl sites for hydroxylation is 1. The molecule has 0 N–H and O–H groups in total. The molecule has 1 fully saturated rings. The Balaban J connectivity index is 1.76. The summed E-state index contributed by atoms with van der Waals surface area (Å²) in [5.74, 6) is 0.786. The van der Waals surface area contributed by atoms with Gasteiger partial charge in [0.25, 0.3) is 0 Å². The van der Waals surface area contributed by atoms with Gasteiger partial charge >= 0.3 is 0 Å². The van der Waals surface area contributed by atoms with Crippen LogP contribution < -0.4 is 4.90 Å². The smallest absolute Gasteiger partial charge is 0.229 e. The highest BCUT2D eigenvalue weighted by molar-refractivity contribution is 7.99. The first-order valence-corrected chi connectivity index (χ1v) is 7.90. The fraction of sp³-hybridized carbons (Fsp3) is 0.400. The molecule has 110 valence electrons. The lowest BCUT2D eigenvalue weighted by atomic mass is 10.2. The Labute approximate surface area is 129 Å². The molecule has 0 bridgehead atoms. The van der Waals surface area contributed by atoms with E-state index in [1.165, 1.54) is 10.5 Å². The van der Waals surface area contributed by atoms with E-state index < -0.39 is 0 Å². The van der Waals surface area contributed by atoms with Gasteiger partial charge in [-0.05, 0) is 37.4 Å². The van der Waals surface area contributed by atoms with Crippen molar-refractivity contribution in [1.29, 1.82) is 0 Å². The number of likely N-dealkylation sites (N-methyl/N-ethyl adjacent to an activating group) is 1. The van der Waals surface area contributed by atoms with Crippen LogP contribution >= 0.6 is 11.8 Å². The molecule has 2 aromatic rings. The minimum absolute atomic E-state index is 0.758. The highest BCUT2D eigenvalue weighted by atomic mass is 32.2. The standard InChI is InChI=1S/C15H19N5S/c1-12-5-3-4-6-13(12)21-15-17-11-16-14(18-15)20-9-7-19(2)8-10-20/h3-6,11H,7-10H2,1-2H3. The number of rotatable bonds is 3. The van der Waals surface area contributed by atoms with Crippen LogP contribution in [0.5, 0.6) is 0 Å². The Kier molecular flexibility index (Phi) is 4.36. The quantitative estimate of drug-likeness (QED) is 0.865. The zero-order valence-electron chi connectivity index (χ0n) is 12.4. The fourth-order valence-corrected chi connectivity index (χ4v) is 3.05. The van der Waals surface area contributed by atoms with Crippen molar-refractivity contribution < 1.29 is 0 Å². The van der Waals surface area contributed by atoms with E-state index in [0.717, 1.165) is 37.3 Å². The lowest BCUT2D eigenvalue weighted by Gasteiger charge is -2.32. The maximum Gasteiger partial charge on any atom is 0.229 e. The van der Waals surface area contributed by atoms with Gasteiger partial charge in [-0.2, -0.15) is 4.98 Å². The Morgan fingerprint density at radius 1 is 1.05 bits per heavy atom. The van der Waals surface area contributed by atoms with Crippen LogP contribution in [0.4, 0.5) is 5.95 Å². The third kappa shape index (κ3) is 3.51. The lowest BCUT2D eigenvalue weighted by molar-refractivity contribution is 0.310. The van der Waals surface area contributed by atoms with Crippen LogP contribution in [0.15, 0.2) is 40.6 Å². The summed E-state index contributed by atoms with van der Waals surface area (Å²) in [4.78, 5) is 19.0. The molecule has 1 aromatic carbocycles. The van der Waals surface area contributed by atoms with Crippen molar-refractivity contribution in [2.75, 3.05) is 38.1 Å². The predicted molar refractivity (Wildman–Crippen MR) is 84.8 cm³/mol. The summed E-state index contributed by atoms with van der Waals surface area (Å²) in [6.45, 7) is 6.13. The molecule has 5 nitrogen and oxygen atoms in total. The summed E-state index contributed by atoms with van der Waals surface area (Å²) in [7, 11) is 2.14. The molecule has 21 heavy (non-hydrogen) atoms. The number of aromatic nitrogens is 3. The van der Waals surface area contributed by atoms with Gasteiger partial charge in [0, 0.05) is 31.1 Å². The third-order valence-electron chi connectivity index (χ3n) is 3.62. The van der Waals surface area contributed by atoms with E-state index in [1.807, 2.05) is 12.1 Å². The number of nitrogens with zero attached hydrogens (tertiary/aromatic N) is 5. The van der Waals surface area contributed by atoms with Crippen LogP contribution in [0.2, 0.25) is 0 Å². The second-order valence-electron chi connectivity index (χ2n) is 5.23. The average Bonchev–Trinajstić information content (AvgIpc) is 2.51. The first-order chi connectivity index (χ1) is 10.2. The van der Waals surface area contributed by atoms with Gasteiger partial charge in [0.2, 0.25) is 5.95 Å². The Hall–Kier alpha value is -1.66. The fourth-order valence-electron chi connectivity index (χ4n) is 2.25. The summed E-state index contributed by atoms with van der Waals surface area (Å²) < 4.78 is 0. The number of piperazine rings is 1. The molecule has 0 saturated carbocycles. The topological polar surface area (TPSA) is 45.2 Å². The molecule has 0 amide bonds. The number of benzene rings is 1. The van der Waals surface area contributed by atoms with Crippen molar-refractivity contribution in [3.05, 3.63) is 36.2 Å². The molecule has 0 atom stereocenters. The number of hydrogen-bond donors (Lipinski definition) is 0. The van der Waals surface area contributed by atoms with Crippen LogP contribution in [0.3, 0.4) is 0 Å². The molecule has 0 unspecified atom stereocenters. The van der Waals surface area contributed by atoms with Crippen molar-refractivity contribution in [1.82, 2.24) is 19.9 Å². The van der Waals surface area contributed by atoms with Crippen LogP contribution in [0.1, 0.15) is 5.56 Å². The van der Waals surface area contributed by atoms with Crippen LogP contribution in [0.25, 0.3) is 0 Å². The second-order valence-corrected chi connectivity index (χ2v) is 6.24. The summed E-state index contributed by atoms with van der Waals surface area (Å²) in [6.07, 6.45) is 1.61. The van der Waals surface area contributed by atoms with Gasteiger partial charge in [-0.25, -0.2) is 9.97 Å². The van der Waals surface area contributed by atoms with Gasteiger partial charge in [0.1, 0.15) is 6.33 Å². The monoisotopic (exact) mass is 301 g/mol. The van der Waals surface area contributed by atoms with Crippen LogP contribution in [-0.2, 0) is 0 Å². The number of hydrogen-bond acceptors (Lipinski definition) is 6. The minimum atomic E-state index is 0.758. The molecule has 1 aliphatic heterocycles. The van der Waals surface area contributed by atoms with Gasteiger partial charge in [0.15, 0.2) is 5.16 Å². The molecular weight excluding hydrogens is 282 g/mol. The van der Waals surface area contributed by atoms with E-state index in [4.69, 9.17) is 0 Å². The van der Waals surface area contributed by atoms with Gasteiger partial charge in [-0.15, -0.1) is 0 Å². The van der Waals surface area contributed by atoms with Gasteiger partial charge < -0.3 is 9.80 Å². The van der Waals surface area contributed by atoms with E-state index in [2.05, 4.69) is 50.9 Å². The Morgan fingerprint density at radius 2 is 1.81 bits per heavy atom. The summed E-state index contributed by atoms with van der Waals surface area (Å²) >= 11 is 1.59. The second kappa shape index (κ2) is 6.41. The average molecular weight is 301 g/mol. The molecule has 0 radical (unpaired) electrons. The van der Waals surface area contributed by atoms with Crippen molar-refractivity contribution in [2.24, 2.45) is 0 Å². The maximum atomic E-state index is 4.61. The van der Waals surface area contributed by atoms with E-state index >= 15 is 0 Å². The largest absolute Gasteiger partial charge is 0.338 e. The molecule has 0 spiro atoms. The van der Waals surface area contributed by atoms with Crippen molar-refractivity contribution in [2.45, 2.75) is 17.0 Å². The number of anilines is 1. The first-order valence-electron chi connectivity index (χ1n) is 7.08. The summed E-state index contributed by atoms with van der Waals surface area (Å²) in [5.41, 5.74) is 1.24. The molecular formula is C15H19N5S. The highest BCUT2D eigenvalue weighted by Gasteiger charge is 2.17. The highest BCUT2D eigenvalue weighted by Crippen LogP contribution is 2.27. The summed E-state index contributed by atoms with van der Waals surface area (Å²) in [5, 5.41) is 0.758. The molecule has 3 rings (SSSR count). The van der Waals surface area contributed by atoms with E-state index in [9.17, 15) is 0 Å². The van der Waals surface area contributed by atoms with Crippen molar-refractivity contribution >= 4 is 17.7 Å².